The fourth-order valence-corrected chi connectivity index (χ4v) is 4.52. The minimum atomic E-state index is -1.27. The zero-order chi connectivity index (χ0) is 23.5. The molecule has 0 spiro atoms. The van der Waals surface area contributed by atoms with Crippen LogP contribution in [0, 0.1) is 5.92 Å². The number of nitrogens with zero attached hydrogens (tertiary/aromatic N) is 1. The van der Waals surface area contributed by atoms with Gasteiger partial charge in [0, 0.05) is 6.42 Å². The van der Waals surface area contributed by atoms with Crippen molar-refractivity contribution < 1.29 is 14.4 Å². The maximum atomic E-state index is 13.3. The second kappa shape index (κ2) is 10.3. The van der Waals surface area contributed by atoms with Gasteiger partial charge in [-0.1, -0.05) is 76.8 Å². The van der Waals surface area contributed by atoms with E-state index in [2.05, 4.69) is 14.0 Å². The summed E-state index contributed by atoms with van der Waals surface area (Å²) in [5, 5.41) is 13.3. The first-order chi connectivity index (χ1) is 15.0. The van der Waals surface area contributed by atoms with Crippen LogP contribution in [0.25, 0.3) is 12.2 Å². The molecule has 1 saturated heterocycles. The number of quaternary nitrogens is 1. The summed E-state index contributed by atoms with van der Waals surface area (Å²) in [6.07, 6.45) is 7.23. The smallest absolute Gasteiger partial charge is 0.167 e. The van der Waals surface area contributed by atoms with Gasteiger partial charge in [0.05, 0.1) is 46.8 Å². The number of carbonyl (C=O) groups excluding carboxylic acids is 1. The maximum absolute atomic E-state index is 13.3. The van der Waals surface area contributed by atoms with Gasteiger partial charge in [0.15, 0.2) is 5.78 Å². The average Bonchev–Trinajstić information content (AvgIpc) is 2.77. The zero-order valence-corrected chi connectivity index (χ0v) is 21.0. The van der Waals surface area contributed by atoms with Crippen LogP contribution in [0.1, 0.15) is 24.5 Å². The molecule has 7 heteroatoms. The zero-order valence-electron chi connectivity index (χ0n) is 18.0. The Hall–Kier alpha value is -1.33. The fourth-order valence-electron chi connectivity index (χ4n) is 3.90. The molecule has 2 aromatic rings. The Morgan fingerprint density at radius 3 is 2.12 bits per heavy atom. The second-order valence-electron chi connectivity index (χ2n) is 8.55. The van der Waals surface area contributed by atoms with Gasteiger partial charge < -0.3 is 9.59 Å². The highest BCUT2D eigenvalue weighted by molar-refractivity contribution is 6.42. The molecule has 1 N–H and O–H groups in total. The molecule has 3 atom stereocenters. The third-order valence-corrected chi connectivity index (χ3v) is 7.76. The van der Waals surface area contributed by atoms with E-state index in [0.717, 1.165) is 28.7 Å². The predicted molar refractivity (Wildman–Crippen MR) is 136 cm³/mol. The number of carbonyl (C=O) groups is 1. The third-order valence-electron chi connectivity index (χ3n) is 6.28. The summed E-state index contributed by atoms with van der Waals surface area (Å²) in [5.74, 6) is -0.714. The lowest BCUT2D eigenvalue weighted by Gasteiger charge is -2.46. The number of aliphatic hydroxyl groups is 1. The number of hydrogen-bond donors (Lipinski definition) is 1. The molecule has 170 valence electrons. The molecule has 1 aliphatic rings. The number of rotatable bonds is 6. The van der Waals surface area contributed by atoms with Crippen molar-refractivity contribution in [2.75, 3.05) is 26.7 Å². The highest BCUT2D eigenvalue weighted by Gasteiger charge is 2.48. The van der Waals surface area contributed by atoms with Crippen LogP contribution in [0.5, 0.6) is 0 Å². The minimum Gasteiger partial charge on any atom is -0.385 e. The number of halogens is 4. The molecule has 32 heavy (non-hydrogen) atoms. The lowest BCUT2D eigenvalue weighted by Crippen LogP contribution is -2.61. The largest absolute Gasteiger partial charge is 0.385 e. The van der Waals surface area contributed by atoms with E-state index in [9.17, 15) is 9.90 Å². The standard InChI is InChI=1S/C25H26Cl4NO2/c1-3-30(2)13-12-25(32,11-10-18-5-8-21(27)23(29)15-18)19(16-30)24(31)9-6-17-4-7-20(26)22(28)14-17/h4-11,14-15,19,32H,3,12-13,16H2,1-2H3/q+1/b9-6+,11-10+/t19-,25+,30?/m0/s1. The van der Waals surface area contributed by atoms with Crippen LogP contribution in [0.4, 0.5) is 0 Å². The summed E-state index contributed by atoms with van der Waals surface area (Å²) in [7, 11) is 2.12. The molecule has 0 bridgehead atoms. The van der Waals surface area contributed by atoms with Gasteiger partial charge in [0.25, 0.3) is 0 Å². The molecule has 1 heterocycles. The normalized spacial score (nSPS) is 26.2. The van der Waals surface area contributed by atoms with E-state index in [-0.39, 0.29) is 5.78 Å². The molecule has 0 radical (unpaired) electrons. The Morgan fingerprint density at radius 2 is 1.59 bits per heavy atom. The van der Waals surface area contributed by atoms with Gasteiger partial charge in [0.2, 0.25) is 0 Å². The first-order valence-electron chi connectivity index (χ1n) is 10.4. The van der Waals surface area contributed by atoms with Crippen LogP contribution in [0.3, 0.4) is 0 Å². The fraction of sp³-hybridized carbons (Fsp3) is 0.320. The lowest BCUT2D eigenvalue weighted by atomic mass is 9.76. The number of benzene rings is 2. The summed E-state index contributed by atoms with van der Waals surface area (Å²) >= 11 is 24.2. The number of piperidine rings is 1. The molecule has 0 amide bonds. The number of allylic oxidation sites excluding steroid dienone is 1. The summed E-state index contributed by atoms with van der Waals surface area (Å²) in [6, 6.07) is 10.5. The van der Waals surface area contributed by atoms with E-state index in [1.165, 1.54) is 6.08 Å². The van der Waals surface area contributed by atoms with E-state index < -0.39 is 11.5 Å². The van der Waals surface area contributed by atoms with Gasteiger partial charge in [-0.15, -0.1) is 0 Å². The van der Waals surface area contributed by atoms with Gasteiger partial charge in [-0.3, -0.25) is 4.79 Å². The van der Waals surface area contributed by atoms with Gasteiger partial charge in [-0.2, -0.15) is 0 Å². The Balaban J connectivity index is 1.88. The van der Waals surface area contributed by atoms with E-state index in [0.29, 0.717) is 33.1 Å². The molecule has 1 aliphatic heterocycles. The molecule has 3 rings (SSSR count). The predicted octanol–water partition coefficient (Wildman–Crippen LogP) is 6.81. The van der Waals surface area contributed by atoms with Gasteiger partial charge in [-0.25, -0.2) is 0 Å². The molecular weight excluding hydrogens is 488 g/mol. The van der Waals surface area contributed by atoms with Crippen LogP contribution in [-0.2, 0) is 4.79 Å². The van der Waals surface area contributed by atoms with Crippen molar-refractivity contribution in [2.24, 2.45) is 5.92 Å². The van der Waals surface area contributed by atoms with Crippen LogP contribution >= 0.6 is 46.4 Å². The van der Waals surface area contributed by atoms with E-state index in [4.69, 9.17) is 46.4 Å². The topological polar surface area (TPSA) is 37.3 Å². The SMILES string of the molecule is CC[N+]1(C)CC[C@](O)(/C=C/c2ccc(Cl)c(Cl)c2)[C@H](C(=O)/C=C/c2ccc(Cl)c(Cl)c2)C1. The number of hydrogen-bond acceptors (Lipinski definition) is 2. The van der Waals surface area contributed by atoms with E-state index >= 15 is 0 Å². The van der Waals surface area contributed by atoms with Crippen molar-refractivity contribution >= 4 is 64.3 Å². The third kappa shape index (κ3) is 5.96. The molecule has 1 unspecified atom stereocenters. The van der Waals surface area contributed by atoms with E-state index in [1.807, 2.05) is 6.07 Å². The minimum absolute atomic E-state index is 0.130. The molecule has 1 fully saturated rings. The summed E-state index contributed by atoms with van der Waals surface area (Å²) in [4.78, 5) is 13.3. The Morgan fingerprint density at radius 1 is 1.03 bits per heavy atom. The monoisotopic (exact) mass is 512 g/mol. The quantitative estimate of drug-likeness (QED) is 0.340. The Kier molecular flexibility index (Phi) is 8.14. The average molecular weight is 514 g/mol. The second-order valence-corrected chi connectivity index (χ2v) is 10.2. The Labute approximate surface area is 209 Å². The van der Waals surface area contributed by atoms with Crippen molar-refractivity contribution in [3.8, 4) is 0 Å². The van der Waals surface area contributed by atoms with E-state index in [1.54, 1.807) is 48.6 Å². The molecule has 0 saturated carbocycles. The van der Waals surface area contributed by atoms with Gasteiger partial charge in [-0.05, 0) is 48.4 Å². The van der Waals surface area contributed by atoms with Crippen molar-refractivity contribution in [1.82, 2.24) is 0 Å². The summed E-state index contributed by atoms with van der Waals surface area (Å²) in [6.45, 7) is 4.30. The first kappa shape index (κ1) is 25.3. The Bertz CT molecular complexity index is 1070. The van der Waals surface area contributed by atoms with Gasteiger partial charge in [0.1, 0.15) is 11.5 Å². The van der Waals surface area contributed by atoms with Crippen molar-refractivity contribution in [2.45, 2.75) is 18.9 Å². The van der Waals surface area contributed by atoms with Crippen molar-refractivity contribution in [1.29, 1.82) is 0 Å². The highest BCUT2D eigenvalue weighted by atomic mass is 35.5. The van der Waals surface area contributed by atoms with Crippen LogP contribution in [0.15, 0.2) is 48.6 Å². The molecule has 0 aromatic heterocycles. The van der Waals surface area contributed by atoms with Crippen molar-refractivity contribution in [3.05, 3.63) is 79.8 Å². The molecule has 2 aromatic carbocycles. The van der Waals surface area contributed by atoms with Crippen LogP contribution in [0.2, 0.25) is 20.1 Å². The lowest BCUT2D eigenvalue weighted by molar-refractivity contribution is -0.916. The summed E-state index contributed by atoms with van der Waals surface area (Å²) < 4.78 is 0.722. The number of ketones is 1. The van der Waals surface area contributed by atoms with Gasteiger partial charge >= 0.3 is 0 Å². The summed E-state index contributed by atoms with van der Waals surface area (Å²) in [5.41, 5.74) is 0.313. The first-order valence-corrected chi connectivity index (χ1v) is 11.9. The highest BCUT2D eigenvalue weighted by Crippen LogP contribution is 2.35. The molecule has 3 nitrogen and oxygen atoms in total. The van der Waals surface area contributed by atoms with Crippen LogP contribution < -0.4 is 0 Å². The molecular formula is C25H26Cl4NO2+. The number of likely N-dealkylation sites (tertiary alicyclic amines) is 1. The molecule has 0 aliphatic carbocycles. The van der Waals surface area contributed by atoms with Crippen molar-refractivity contribution in [3.63, 3.8) is 0 Å². The van der Waals surface area contributed by atoms with Crippen LogP contribution in [-0.4, -0.2) is 47.7 Å². The maximum Gasteiger partial charge on any atom is 0.167 e.